The number of rotatable bonds is 3. The van der Waals surface area contributed by atoms with E-state index in [-0.39, 0.29) is 35.9 Å². The normalized spacial score (nSPS) is 16.6. The fourth-order valence-electron chi connectivity index (χ4n) is 2.79. The molecule has 27 heavy (non-hydrogen) atoms. The molecule has 1 fully saturated rings. The minimum Gasteiger partial charge on any atom is -0.278 e. The first-order valence-corrected chi connectivity index (χ1v) is 9.91. The van der Waals surface area contributed by atoms with E-state index >= 15 is 0 Å². The topological polar surface area (TPSA) is 83.5 Å². The van der Waals surface area contributed by atoms with Gasteiger partial charge in [0.1, 0.15) is 0 Å². The van der Waals surface area contributed by atoms with Crippen LogP contribution in [-0.2, 0) is 20.2 Å². The monoisotopic (exact) mass is 392 g/mol. The third kappa shape index (κ3) is 3.98. The highest BCUT2D eigenvalue weighted by Gasteiger charge is 2.34. The van der Waals surface area contributed by atoms with Crippen molar-refractivity contribution >= 4 is 21.9 Å². The molecule has 1 aromatic carbocycles. The summed E-state index contributed by atoms with van der Waals surface area (Å²) in [5.74, 6) is -0.998. The van der Waals surface area contributed by atoms with Gasteiger partial charge in [0.25, 0.3) is 0 Å². The van der Waals surface area contributed by atoms with Crippen molar-refractivity contribution in [3.8, 4) is 0 Å². The number of carbonyl (C=O) groups excluding carboxylic acids is 1. The van der Waals surface area contributed by atoms with Gasteiger partial charge < -0.3 is 0 Å². The van der Waals surface area contributed by atoms with Gasteiger partial charge in [0.2, 0.25) is 21.9 Å². The lowest BCUT2D eigenvalue weighted by atomic mass is 9.87. The lowest BCUT2D eigenvalue weighted by Crippen LogP contribution is -2.52. The summed E-state index contributed by atoms with van der Waals surface area (Å²) >= 11 is 0. The van der Waals surface area contributed by atoms with E-state index in [9.17, 15) is 17.6 Å². The lowest BCUT2D eigenvalue weighted by Gasteiger charge is -2.32. The molecule has 1 aliphatic rings. The summed E-state index contributed by atoms with van der Waals surface area (Å²) in [6.45, 7) is 6.04. The Bertz CT molecular complexity index is 938. The van der Waals surface area contributed by atoms with Gasteiger partial charge in [-0.25, -0.2) is 22.8 Å². The lowest BCUT2D eigenvalue weighted by molar-refractivity contribution is -0.120. The summed E-state index contributed by atoms with van der Waals surface area (Å²) in [4.78, 5) is 21.4. The van der Waals surface area contributed by atoms with Crippen LogP contribution in [0.25, 0.3) is 0 Å². The smallest absolute Gasteiger partial charge is 0.244 e. The van der Waals surface area contributed by atoms with Gasteiger partial charge in [0.05, 0.1) is 23.8 Å². The molecule has 9 heteroatoms. The molecule has 3 rings (SSSR count). The number of aromatic nitrogens is 2. The van der Waals surface area contributed by atoms with Crippen molar-refractivity contribution < 1.29 is 17.6 Å². The van der Waals surface area contributed by atoms with Gasteiger partial charge in [-0.15, -0.1) is 0 Å². The van der Waals surface area contributed by atoms with Gasteiger partial charge in [0, 0.05) is 13.1 Å². The van der Waals surface area contributed by atoms with Crippen LogP contribution < -0.4 is 4.90 Å². The molecule has 1 amide bonds. The second kappa shape index (κ2) is 6.97. The molecule has 0 saturated carbocycles. The molecule has 0 N–H and O–H groups in total. The Labute approximate surface area is 157 Å². The molecule has 2 heterocycles. The number of hydrogen-bond acceptors (Lipinski definition) is 5. The number of benzene rings is 1. The molecule has 1 saturated heterocycles. The van der Waals surface area contributed by atoms with Gasteiger partial charge in [-0.05, 0) is 23.1 Å². The third-order valence-electron chi connectivity index (χ3n) is 4.39. The largest absolute Gasteiger partial charge is 0.278 e. The minimum absolute atomic E-state index is 0.0629. The van der Waals surface area contributed by atoms with Gasteiger partial charge in [-0.2, -0.15) is 4.31 Å². The summed E-state index contributed by atoms with van der Waals surface area (Å²) in [6, 6.07) is 6.71. The highest BCUT2D eigenvalue weighted by Crippen LogP contribution is 2.25. The fraction of sp³-hybridized carbons (Fsp3) is 0.389. The first-order chi connectivity index (χ1) is 12.6. The Kier molecular flexibility index (Phi) is 5.00. The molecule has 1 aromatic heterocycles. The summed E-state index contributed by atoms with van der Waals surface area (Å²) in [5, 5.41) is 0. The average Bonchev–Trinajstić information content (AvgIpc) is 2.62. The van der Waals surface area contributed by atoms with Crippen LogP contribution in [0.4, 0.5) is 10.3 Å². The Morgan fingerprint density at radius 3 is 2.15 bits per heavy atom. The van der Waals surface area contributed by atoms with Crippen LogP contribution in [0.1, 0.15) is 26.3 Å². The highest BCUT2D eigenvalue weighted by molar-refractivity contribution is 7.89. The van der Waals surface area contributed by atoms with E-state index in [4.69, 9.17) is 0 Å². The molecule has 2 aromatic rings. The van der Waals surface area contributed by atoms with Crippen LogP contribution in [-0.4, -0.2) is 48.2 Å². The summed E-state index contributed by atoms with van der Waals surface area (Å²) in [5.41, 5.74) is 0.940. The van der Waals surface area contributed by atoms with E-state index in [2.05, 4.69) is 9.97 Å². The molecule has 0 bridgehead atoms. The van der Waals surface area contributed by atoms with Crippen LogP contribution in [0.15, 0.2) is 41.6 Å². The molecule has 0 radical (unpaired) electrons. The molecule has 0 spiro atoms. The van der Waals surface area contributed by atoms with Crippen LogP contribution in [0.5, 0.6) is 0 Å². The summed E-state index contributed by atoms with van der Waals surface area (Å²) < 4.78 is 39.8. The number of anilines is 1. The van der Waals surface area contributed by atoms with E-state index in [1.54, 1.807) is 24.3 Å². The zero-order valence-electron chi connectivity index (χ0n) is 15.4. The van der Waals surface area contributed by atoms with E-state index < -0.39 is 21.7 Å². The third-order valence-corrected chi connectivity index (χ3v) is 6.25. The Morgan fingerprint density at radius 2 is 1.63 bits per heavy atom. The molecular formula is C18H21FN4O3S. The van der Waals surface area contributed by atoms with Gasteiger partial charge in [-0.1, -0.05) is 32.9 Å². The van der Waals surface area contributed by atoms with Crippen LogP contribution in [0, 0.1) is 5.82 Å². The maximum absolute atomic E-state index is 12.9. The zero-order chi connectivity index (χ0) is 19.8. The van der Waals surface area contributed by atoms with Crippen LogP contribution in [0.3, 0.4) is 0 Å². The second-order valence-electron chi connectivity index (χ2n) is 7.36. The van der Waals surface area contributed by atoms with Crippen molar-refractivity contribution in [2.45, 2.75) is 31.1 Å². The standard InChI is InChI=1S/C18H21FN4O3S/c1-18(2,3)13-4-6-15(7-5-13)27(25,26)22-8-9-23(16(24)12-22)17-20-10-14(19)11-21-17/h4-7,10-11H,8-9,12H2,1-3H3. The van der Waals surface area contributed by atoms with Gasteiger partial charge >= 0.3 is 0 Å². The maximum atomic E-state index is 12.9. The Morgan fingerprint density at radius 1 is 1.04 bits per heavy atom. The second-order valence-corrected chi connectivity index (χ2v) is 9.30. The molecule has 7 nitrogen and oxygen atoms in total. The van der Waals surface area contributed by atoms with Crippen molar-refractivity contribution in [2.75, 3.05) is 24.5 Å². The molecule has 144 valence electrons. The van der Waals surface area contributed by atoms with Crippen molar-refractivity contribution in [3.63, 3.8) is 0 Å². The Hall–Kier alpha value is -2.39. The first-order valence-electron chi connectivity index (χ1n) is 8.47. The van der Waals surface area contributed by atoms with Crippen LogP contribution >= 0.6 is 0 Å². The summed E-state index contributed by atoms with van der Waals surface area (Å²) in [6.07, 6.45) is 1.94. The first kappa shape index (κ1) is 19.4. The van der Waals surface area contributed by atoms with E-state index in [0.29, 0.717) is 0 Å². The van der Waals surface area contributed by atoms with Crippen molar-refractivity contribution in [1.29, 1.82) is 0 Å². The number of nitrogens with zero attached hydrogens (tertiary/aromatic N) is 4. The minimum atomic E-state index is -3.78. The zero-order valence-corrected chi connectivity index (χ0v) is 16.2. The molecule has 0 unspecified atom stereocenters. The van der Waals surface area contributed by atoms with Crippen molar-refractivity contribution in [1.82, 2.24) is 14.3 Å². The number of carbonyl (C=O) groups is 1. The fourth-order valence-corrected chi connectivity index (χ4v) is 4.17. The van der Waals surface area contributed by atoms with E-state index in [1.807, 2.05) is 20.8 Å². The molecule has 0 atom stereocenters. The number of halogens is 1. The van der Waals surface area contributed by atoms with Crippen molar-refractivity contribution in [3.05, 3.63) is 48.0 Å². The summed E-state index contributed by atoms with van der Waals surface area (Å²) in [7, 11) is -3.78. The van der Waals surface area contributed by atoms with Crippen molar-refractivity contribution in [2.24, 2.45) is 0 Å². The number of amides is 1. The molecule has 1 aliphatic heterocycles. The highest BCUT2D eigenvalue weighted by atomic mass is 32.2. The average molecular weight is 392 g/mol. The number of sulfonamides is 1. The number of piperazine rings is 1. The quantitative estimate of drug-likeness (QED) is 0.797. The van der Waals surface area contributed by atoms with Gasteiger partial charge in [-0.3, -0.25) is 9.69 Å². The predicted octanol–water partition coefficient (Wildman–Crippen LogP) is 1.95. The van der Waals surface area contributed by atoms with Gasteiger partial charge in [0.15, 0.2) is 5.82 Å². The molecule has 0 aliphatic carbocycles. The maximum Gasteiger partial charge on any atom is 0.244 e. The van der Waals surface area contributed by atoms with E-state index in [1.165, 1.54) is 4.90 Å². The Balaban J connectivity index is 1.77. The number of hydrogen-bond donors (Lipinski definition) is 0. The predicted molar refractivity (Wildman–Crippen MR) is 98.2 cm³/mol. The SMILES string of the molecule is CC(C)(C)c1ccc(S(=O)(=O)N2CCN(c3ncc(F)cn3)C(=O)C2)cc1. The van der Waals surface area contributed by atoms with E-state index in [0.717, 1.165) is 22.3 Å². The molecular weight excluding hydrogens is 371 g/mol. The van der Waals surface area contributed by atoms with Crippen LogP contribution in [0.2, 0.25) is 0 Å².